The van der Waals surface area contributed by atoms with Crippen molar-refractivity contribution in [1.29, 1.82) is 0 Å². The monoisotopic (exact) mass is 298 g/mol. The lowest BCUT2D eigenvalue weighted by Crippen LogP contribution is -2.12. The van der Waals surface area contributed by atoms with E-state index in [2.05, 4.69) is 5.32 Å². The van der Waals surface area contributed by atoms with Gasteiger partial charge in [0, 0.05) is 24.4 Å². The molecule has 0 bridgehead atoms. The molecule has 0 aliphatic carbocycles. The van der Waals surface area contributed by atoms with Crippen molar-refractivity contribution in [3.05, 3.63) is 60.2 Å². The van der Waals surface area contributed by atoms with E-state index < -0.39 is 0 Å². The quantitative estimate of drug-likeness (QED) is 0.604. The molecule has 0 radical (unpaired) electrons. The number of nitrogen functional groups attached to an aromatic ring is 1. The number of ether oxygens (including phenoxy) is 1. The number of carbonyl (C=O) groups is 1. The largest absolute Gasteiger partial charge is 0.399 e. The first-order chi connectivity index (χ1) is 10.6. The first-order valence-corrected chi connectivity index (χ1v) is 7.47. The Morgan fingerprint density at radius 3 is 2.50 bits per heavy atom. The van der Waals surface area contributed by atoms with Crippen molar-refractivity contribution in [2.75, 3.05) is 17.7 Å². The number of carbonyl (C=O) groups excluding carboxylic acids is 1. The highest BCUT2D eigenvalue weighted by atomic mass is 16.5. The molecule has 0 heterocycles. The van der Waals surface area contributed by atoms with Gasteiger partial charge in [-0.1, -0.05) is 30.3 Å². The summed E-state index contributed by atoms with van der Waals surface area (Å²) in [6.07, 6.45) is 1.17. The second-order valence-corrected chi connectivity index (χ2v) is 5.20. The van der Waals surface area contributed by atoms with E-state index in [4.69, 9.17) is 10.5 Å². The van der Waals surface area contributed by atoms with E-state index in [1.165, 1.54) is 0 Å². The third-order valence-electron chi connectivity index (χ3n) is 3.38. The molecule has 2 aromatic rings. The number of nitrogens with two attached hydrogens (primary N) is 1. The minimum Gasteiger partial charge on any atom is -0.399 e. The third-order valence-corrected chi connectivity index (χ3v) is 3.38. The fraction of sp³-hybridized carbons (Fsp3) is 0.278. The van der Waals surface area contributed by atoms with Gasteiger partial charge >= 0.3 is 0 Å². The van der Waals surface area contributed by atoms with Crippen LogP contribution in [-0.4, -0.2) is 12.5 Å². The lowest BCUT2D eigenvalue weighted by atomic mass is 10.1. The molecular formula is C18H22N2O2. The minimum absolute atomic E-state index is 0.0132. The molecular weight excluding hydrogens is 276 g/mol. The first kappa shape index (κ1) is 16.0. The Labute approximate surface area is 131 Å². The zero-order chi connectivity index (χ0) is 15.8. The number of hydrogen-bond acceptors (Lipinski definition) is 3. The van der Waals surface area contributed by atoms with Gasteiger partial charge in [0.25, 0.3) is 0 Å². The van der Waals surface area contributed by atoms with Gasteiger partial charge in [-0.3, -0.25) is 4.79 Å². The maximum atomic E-state index is 11.8. The van der Waals surface area contributed by atoms with Crippen LogP contribution in [0, 0.1) is 0 Å². The van der Waals surface area contributed by atoms with Gasteiger partial charge < -0.3 is 15.8 Å². The van der Waals surface area contributed by atoms with Crippen molar-refractivity contribution in [2.45, 2.75) is 25.9 Å². The Kier molecular flexibility index (Phi) is 5.98. The van der Waals surface area contributed by atoms with Crippen molar-refractivity contribution in [1.82, 2.24) is 0 Å². The van der Waals surface area contributed by atoms with Crippen molar-refractivity contribution >= 4 is 17.3 Å². The van der Waals surface area contributed by atoms with Crippen LogP contribution in [0.25, 0.3) is 0 Å². The molecule has 2 aromatic carbocycles. The molecule has 0 aromatic heterocycles. The van der Waals surface area contributed by atoms with Gasteiger partial charge in [-0.25, -0.2) is 0 Å². The Morgan fingerprint density at radius 2 is 1.82 bits per heavy atom. The molecule has 0 aliphatic heterocycles. The van der Waals surface area contributed by atoms with E-state index in [0.717, 1.165) is 11.3 Å². The zero-order valence-corrected chi connectivity index (χ0v) is 12.8. The van der Waals surface area contributed by atoms with E-state index in [-0.39, 0.29) is 12.0 Å². The summed E-state index contributed by atoms with van der Waals surface area (Å²) in [4.78, 5) is 11.8. The van der Waals surface area contributed by atoms with Crippen molar-refractivity contribution in [3.8, 4) is 0 Å². The Hall–Kier alpha value is -2.33. The number of amides is 1. The second kappa shape index (κ2) is 8.20. The maximum Gasteiger partial charge on any atom is 0.224 e. The summed E-state index contributed by atoms with van der Waals surface area (Å²) in [7, 11) is 0. The lowest BCUT2D eigenvalue weighted by molar-refractivity contribution is -0.116. The molecule has 0 saturated carbocycles. The van der Waals surface area contributed by atoms with Gasteiger partial charge in [-0.15, -0.1) is 0 Å². The summed E-state index contributed by atoms with van der Waals surface area (Å²) >= 11 is 0. The van der Waals surface area contributed by atoms with Gasteiger partial charge in [-0.2, -0.15) is 0 Å². The standard InChI is InChI=1S/C18H22N2O2/c1-14(15-6-3-2-4-7-15)22-13-5-8-18(21)20-17-11-9-16(19)10-12-17/h2-4,6-7,9-12,14H,5,8,13,19H2,1H3,(H,20,21). The van der Waals surface area contributed by atoms with Crippen molar-refractivity contribution in [3.63, 3.8) is 0 Å². The van der Waals surface area contributed by atoms with Crippen LogP contribution in [-0.2, 0) is 9.53 Å². The smallest absolute Gasteiger partial charge is 0.224 e. The Morgan fingerprint density at radius 1 is 1.14 bits per heavy atom. The molecule has 0 saturated heterocycles. The molecule has 0 aliphatic rings. The SMILES string of the molecule is CC(OCCCC(=O)Nc1ccc(N)cc1)c1ccccc1. The van der Waals surface area contributed by atoms with Crippen LogP contribution < -0.4 is 11.1 Å². The van der Waals surface area contributed by atoms with Crippen LogP contribution in [0.4, 0.5) is 11.4 Å². The molecule has 0 fully saturated rings. The predicted octanol–water partition coefficient (Wildman–Crippen LogP) is 3.77. The highest BCUT2D eigenvalue weighted by Gasteiger charge is 2.06. The van der Waals surface area contributed by atoms with E-state index in [0.29, 0.717) is 25.1 Å². The Bertz CT molecular complexity index is 582. The molecule has 116 valence electrons. The fourth-order valence-electron chi connectivity index (χ4n) is 2.10. The molecule has 4 nitrogen and oxygen atoms in total. The second-order valence-electron chi connectivity index (χ2n) is 5.20. The summed E-state index contributed by atoms with van der Waals surface area (Å²) in [5.74, 6) is -0.0132. The van der Waals surface area contributed by atoms with Crippen LogP contribution in [0.1, 0.15) is 31.4 Å². The van der Waals surface area contributed by atoms with E-state index >= 15 is 0 Å². The summed E-state index contributed by atoms with van der Waals surface area (Å²) in [5, 5.41) is 2.84. The average Bonchev–Trinajstić information content (AvgIpc) is 2.54. The zero-order valence-electron chi connectivity index (χ0n) is 12.8. The Balaban J connectivity index is 1.66. The minimum atomic E-state index is -0.0132. The van der Waals surface area contributed by atoms with Crippen LogP contribution in [0.2, 0.25) is 0 Å². The van der Waals surface area contributed by atoms with E-state index in [9.17, 15) is 4.79 Å². The van der Waals surface area contributed by atoms with Crippen LogP contribution in [0.3, 0.4) is 0 Å². The van der Waals surface area contributed by atoms with Crippen LogP contribution in [0.5, 0.6) is 0 Å². The predicted molar refractivity (Wildman–Crippen MR) is 89.5 cm³/mol. The first-order valence-electron chi connectivity index (χ1n) is 7.47. The number of nitrogens with one attached hydrogen (secondary N) is 1. The van der Waals surface area contributed by atoms with Gasteiger partial charge in [0.1, 0.15) is 0 Å². The normalized spacial score (nSPS) is 11.9. The van der Waals surface area contributed by atoms with Gasteiger partial charge in [0.05, 0.1) is 6.10 Å². The summed E-state index contributed by atoms with van der Waals surface area (Å²) in [6.45, 7) is 2.58. The van der Waals surface area contributed by atoms with Crippen LogP contribution in [0.15, 0.2) is 54.6 Å². The highest BCUT2D eigenvalue weighted by Crippen LogP contribution is 2.16. The van der Waals surface area contributed by atoms with Crippen molar-refractivity contribution < 1.29 is 9.53 Å². The molecule has 22 heavy (non-hydrogen) atoms. The average molecular weight is 298 g/mol. The number of hydrogen-bond donors (Lipinski definition) is 2. The summed E-state index contributed by atoms with van der Waals surface area (Å²) < 4.78 is 5.75. The molecule has 2 rings (SSSR count). The maximum absolute atomic E-state index is 11.8. The fourth-order valence-corrected chi connectivity index (χ4v) is 2.10. The summed E-state index contributed by atoms with van der Waals surface area (Å²) in [6, 6.07) is 17.2. The van der Waals surface area contributed by atoms with Gasteiger partial charge in [0.15, 0.2) is 0 Å². The van der Waals surface area contributed by atoms with Crippen LogP contribution >= 0.6 is 0 Å². The summed E-state index contributed by atoms with van der Waals surface area (Å²) in [5.41, 5.74) is 8.19. The van der Waals surface area contributed by atoms with Gasteiger partial charge in [-0.05, 0) is 43.2 Å². The molecule has 0 spiro atoms. The molecule has 3 N–H and O–H groups in total. The van der Waals surface area contributed by atoms with E-state index in [1.54, 1.807) is 24.3 Å². The van der Waals surface area contributed by atoms with Crippen molar-refractivity contribution in [2.24, 2.45) is 0 Å². The molecule has 4 heteroatoms. The number of anilines is 2. The topological polar surface area (TPSA) is 64.3 Å². The number of rotatable bonds is 7. The molecule has 1 amide bonds. The molecule has 1 unspecified atom stereocenters. The lowest BCUT2D eigenvalue weighted by Gasteiger charge is -2.13. The molecule has 1 atom stereocenters. The highest BCUT2D eigenvalue weighted by molar-refractivity contribution is 5.90. The van der Waals surface area contributed by atoms with E-state index in [1.807, 2.05) is 37.3 Å². The van der Waals surface area contributed by atoms with Gasteiger partial charge in [0.2, 0.25) is 5.91 Å². The number of benzene rings is 2. The third kappa shape index (κ3) is 5.22.